The summed E-state index contributed by atoms with van der Waals surface area (Å²) < 4.78 is 0. The van der Waals surface area contributed by atoms with Crippen molar-refractivity contribution in [1.29, 1.82) is 0 Å². The van der Waals surface area contributed by atoms with Gasteiger partial charge in [-0.2, -0.15) is 0 Å². The van der Waals surface area contributed by atoms with E-state index in [2.05, 4.69) is 11.8 Å². The molecule has 1 aliphatic rings. The average Bonchev–Trinajstić information content (AvgIpc) is 2.43. The van der Waals surface area contributed by atoms with Crippen molar-refractivity contribution in [2.45, 2.75) is 51.1 Å². The number of carboxylic acid groups (broad SMARTS) is 1. The maximum atomic E-state index is 11.7. The second-order valence-electron chi connectivity index (χ2n) is 5.71. The number of hydrogen-bond donors (Lipinski definition) is 1. The molecule has 0 saturated carbocycles. The number of aliphatic carboxylic acids is 1. The molecule has 20 heavy (non-hydrogen) atoms. The number of halogens is 1. The summed E-state index contributed by atoms with van der Waals surface area (Å²) in [4.78, 5) is 13.9. The molecular weight excluding hydrogens is 274 g/mol. The highest BCUT2D eigenvalue weighted by Crippen LogP contribution is 2.37. The van der Waals surface area contributed by atoms with Crippen molar-refractivity contribution in [2.24, 2.45) is 0 Å². The standard InChI is InChI=1S/C16H22ClNO2/c1-3-14(12-6-8-13(17)9-7-12)18-11-5-4-10-16(18,2)15(19)20/h6-9,14H,3-5,10-11H2,1-2H3,(H,19,20). The number of carbonyl (C=O) groups is 1. The molecular formula is C16H22ClNO2. The first-order valence-corrected chi connectivity index (χ1v) is 7.62. The molecule has 2 atom stereocenters. The maximum absolute atomic E-state index is 11.7. The van der Waals surface area contributed by atoms with Gasteiger partial charge in [0.15, 0.2) is 0 Å². The van der Waals surface area contributed by atoms with E-state index in [4.69, 9.17) is 11.6 Å². The molecule has 0 radical (unpaired) electrons. The smallest absolute Gasteiger partial charge is 0.323 e. The van der Waals surface area contributed by atoms with Crippen LogP contribution in [0.2, 0.25) is 5.02 Å². The third-order valence-electron chi connectivity index (χ3n) is 4.42. The molecule has 1 heterocycles. The summed E-state index contributed by atoms with van der Waals surface area (Å²) >= 11 is 5.94. The van der Waals surface area contributed by atoms with Gasteiger partial charge in [0.1, 0.15) is 5.54 Å². The van der Waals surface area contributed by atoms with E-state index in [9.17, 15) is 9.90 Å². The van der Waals surface area contributed by atoms with E-state index in [-0.39, 0.29) is 6.04 Å². The van der Waals surface area contributed by atoms with Crippen LogP contribution in [-0.4, -0.2) is 28.1 Å². The Morgan fingerprint density at radius 2 is 2.05 bits per heavy atom. The Balaban J connectivity index is 2.33. The molecule has 110 valence electrons. The Hall–Kier alpha value is -1.06. The number of benzene rings is 1. The van der Waals surface area contributed by atoms with Crippen molar-refractivity contribution < 1.29 is 9.90 Å². The van der Waals surface area contributed by atoms with Crippen LogP contribution < -0.4 is 0 Å². The van der Waals surface area contributed by atoms with Gasteiger partial charge in [0, 0.05) is 11.1 Å². The van der Waals surface area contributed by atoms with E-state index < -0.39 is 11.5 Å². The van der Waals surface area contributed by atoms with E-state index >= 15 is 0 Å². The van der Waals surface area contributed by atoms with E-state index in [0.717, 1.165) is 31.4 Å². The number of carboxylic acids is 1. The van der Waals surface area contributed by atoms with Gasteiger partial charge in [-0.05, 0) is 56.8 Å². The molecule has 0 amide bonds. The highest BCUT2D eigenvalue weighted by molar-refractivity contribution is 6.30. The summed E-state index contributed by atoms with van der Waals surface area (Å²) in [5.74, 6) is -0.718. The Labute approximate surface area is 125 Å². The summed E-state index contributed by atoms with van der Waals surface area (Å²) in [5, 5.41) is 10.4. The highest BCUT2D eigenvalue weighted by Gasteiger charge is 2.44. The van der Waals surface area contributed by atoms with Crippen LogP contribution in [0.4, 0.5) is 0 Å². The first-order valence-electron chi connectivity index (χ1n) is 7.24. The third-order valence-corrected chi connectivity index (χ3v) is 4.68. The fourth-order valence-corrected chi connectivity index (χ4v) is 3.32. The summed E-state index contributed by atoms with van der Waals surface area (Å²) in [6.07, 6.45) is 3.65. The second-order valence-corrected chi connectivity index (χ2v) is 6.14. The van der Waals surface area contributed by atoms with Crippen LogP contribution in [-0.2, 0) is 4.79 Å². The zero-order valence-electron chi connectivity index (χ0n) is 12.1. The Kier molecular flexibility index (Phi) is 4.71. The quantitative estimate of drug-likeness (QED) is 0.908. The number of rotatable bonds is 4. The van der Waals surface area contributed by atoms with Crippen LogP contribution in [0.3, 0.4) is 0 Å². The highest BCUT2D eigenvalue weighted by atomic mass is 35.5. The predicted octanol–water partition coefficient (Wildman–Crippen LogP) is 4.12. The van der Waals surface area contributed by atoms with Crippen molar-refractivity contribution in [1.82, 2.24) is 4.90 Å². The van der Waals surface area contributed by atoms with Crippen LogP contribution in [0.25, 0.3) is 0 Å². The van der Waals surface area contributed by atoms with Crippen LogP contribution >= 0.6 is 11.6 Å². The van der Waals surface area contributed by atoms with Gasteiger partial charge < -0.3 is 5.11 Å². The fraction of sp³-hybridized carbons (Fsp3) is 0.562. The van der Waals surface area contributed by atoms with E-state index in [1.54, 1.807) is 0 Å². The normalized spacial score (nSPS) is 25.4. The zero-order valence-corrected chi connectivity index (χ0v) is 12.9. The topological polar surface area (TPSA) is 40.5 Å². The maximum Gasteiger partial charge on any atom is 0.323 e. The molecule has 3 nitrogen and oxygen atoms in total. The number of nitrogens with zero attached hydrogens (tertiary/aromatic N) is 1. The minimum Gasteiger partial charge on any atom is -0.480 e. The van der Waals surface area contributed by atoms with Gasteiger partial charge in [-0.25, -0.2) is 0 Å². The molecule has 0 spiro atoms. The fourth-order valence-electron chi connectivity index (χ4n) is 3.19. The summed E-state index contributed by atoms with van der Waals surface area (Å²) in [7, 11) is 0. The lowest BCUT2D eigenvalue weighted by atomic mass is 9.85. The molecule has 0 aliphatic carbocycles. The average molecular weight is 296 g/mol. The van der Waals surface area contributed by atoms with E-state index in [0.29, 0.717) is 11.4 Å². The van der Waals surface area contributed by atoms with Crippen LogP contribution in [0, 0.1) is 0 Å². The first kappa shape index (κ1) is 15.3. The van der Waals surface area contributed by atoms with Gasteiger partial charge in [-0.15, -0.1) is 0 Å². The predicted molar refractivity (Wildman–Crippen MR) is 81.1 cm³/mol. The number of likely N-dealkylation sites (tertiary alicyclic amines) is 1. The molecule has 1 fully saturated rings. The lowest BCUT2D eigenvalue weighted by Gasteiger charge is -2.46. The zero-order chi connectivity index (χ0) is 14.8. The third kappa shape index (κ3) is 2.84. The van der Waals surface area contributed by atoms with Crippen molar-refractivity contribution >= 4 is 17.6 Å². The molecule has 2 unspecified atom stereocenters. The summed E-state index contributed by atoms with van der Waals surface area (Å²) in [6.45, 7) is 4.80. The van der Waals surface area contributed by atoms with E-state index in [1.807, 2.05) is 31.2 Å². The van der Waals surface area contributed by atoms with Crippen molar-refractivity contribution in [3.05, 3.63) is 34.9 Å². The molecule has 0 aromatic heterocycles. The van der Waals surface area contributed by atoms with Crippen molar-refractivity contribution in [2.75, 3.05) is 6.54 Å². The van der Waals surface area contributed by atoms with Gasteiger partial charge in [0.2, 0.25) is 0 Å². The largest absolute Gasteiger partial charge is 0.480 e. The minimum atomic E-state index is -0.765. The summed E-state index contributed by atoms with van der Waals surface area (Å²) in [6, 6.07) is 7.90. The molecule has 1 N–H and O–H groups in total. The Morgan fingerprint density at radius 3 is 2.60 bits per heavy atom. The summed E-state index contributed by atoms with van der Waals surface area (Å²) in [5.41, 5.74) is 0.379. The SMILES string of the molecule is CCC(c1ccc(Cl)cc1)N1CCCCC1(C)C(=O)O. The lowest BCUT2D eigenvalue weighted by Crippen LogP contribution is -2.56. The van der Waals surface area contributed by atoms with Gasteiger partial charge in [0.05, 0.1) is 0 Å². The van der Waals surface area contributed by atoms with Gasteiger partial charge in [0.25, 0.3) is 0 Å². The minimum absolute atomic E-state index is 0.133. The van der Waals surface area contributed by atoms with Crippen LogP contribution in [0.5, 0.6) is 0 Å². The molecule has 4 heteroatoms. The number of piperidine rings is 1. The number of hydrogen-bond acceptors (Lipinski definition) is 2. The van der Waals surface area contributed by atoms with Gasteiger partial charge in [-0.3, -0.25) is 9.69 Å². The molecule has 2 rings (SSSR count). The first-order chi connectivity index (χ1) is 9.49. The lowest BCUT2D eigenvalue weighted by molar-refractivity contribution is -0.155. The molecule has 1 saturated heterocycles. The molecule has 1 aromatic rings. The molecule has 1 aromatic carbocycles. The molecule has 0 bridgehead atoms. The van der Waals surface area contributed by atoms with Crippen LogP contribution in [0.1, 0.15) is 51.1 Å². The van der Waals surface area contributed by atoms with Gasteiger partial charge in [-0.1, -0.05) is 30.7 Å². The Bertz CT molecular complexity index is 474. The molecule has 1 aliphatic heterocycles. The Morgan fingerprint density at radius 1 is 1.40 bits per heavy atom. The second kappa shape index (κ2) is 6.15. The monoisotopic (exact) mass is 295 g/mol. The van der Waals surface area contributed by atoms with Crippen LogP contribution in [0.15, 0.2) is 24.3 Å². The van der Waals surface area contributed by atoms with Crippen molar-refractivity contribution in [3.63, 3.8) is 0 Å². The van der Waals surface area contributed by atoms with Crippen molar-refractivity contribution in [3.8, 4) is 0 Å². The van der Waals surface area contributed by atoms with E-state index in [1.165, 1.54) is 0 Å². The van der Waals surface area contributed by atoms with Gasteiger partial charge >= 0.3 is 5.97 Å².